The quantitative estimate of drug-likeness (QED) is 0.585. The van der Waals surface area contributed by atoms with Gasteiger partial charge in [-0.1, -0.05) is 35.0 Å². The largest absolute Gasteiger partial charge is 0.465 e. The van der Waals surface area contributed by atoms with Crippen LogP contribution in [0.5, 0.6) is 0 Å². The zero-order chi connectivity index (χ0) is 20.3. The van der Waals surface area contributed by atoms with Crippen molar-refractivity contribution in [1.29, 1.82) is 0 Å². The second-order valence-corrected chi connectivity index (χ2v) is 8.21. The van der Waals surface area contributed by atoms with Crippen molar-refractivity contribution in [2.45, 2.75) is 18.4 Å². The maximum Gasteiger partial charge on any atom is 0.337 e. The van der Waals surface area contributed by atoms with Gasteiger partial charge in [0, 0.05) is 12.6 Å². The lowest BCUT2D eigenvalue weighted by Gasteiger charge is -2.15. The Labute approximate surface area is 162 Å². The molecule has 0 N–H and O–H groups in total. The summed E-state index contributed by atoms with van der Waals surface area (Å²) in [5.74, 6) is -0.0664. The van der Waals surface area contributed by atoms with Crippen LogP contribution in [0.4, 0.5) is 0 Å². The van der Waals surface area contributed by atoms with Crippen LogP contribution in [0.25, 0.3) is 11.4 Å². The van der Waals surface area contributed by atoms with Gasteiger partial charge in [-0.15, -0.1) is 0 Å². The SMILES string of the molecule is COC(=O)c1cccc(S(=O)(=O)N(C)Cc2nc(-c3cccc(C)c3)no2)c1. The molecule has 0 radical (unpaired) electrons. The Bertz CT molecular complexity index is 1110. The molecule has 0 aliphatic carbocycles. The van der Waals surface area contributed by atoms with Crippen LogP contribution >= 0.6 is 0 Å². The van der Waals surface area contributed by atoms with E-state index < -0.39 is 16.0 Å². The number of carbonyl (C=O) groups is 1. The van der Waals surface area contributed by atoms with Gasteiger partial charge in [0.1, 0.15) is 0 Å². The third-order valence-corrected chi connectivity index (χ3v) is 5.86. The van der Waals surface area contributed by atoms with E-state index in [-0.39, 0.29) is 22.9 Å². The highest BCUT2D eigenvalue weighted by atomic mass is 32.2. The number of sulfonamides is 1. The van der Waals surface area contributed by atoms with E-state index in [4.69, 9.17) is 4.52 Å². The zero-order valence-electron chi connectivity index (χ0n) is 15.6. The minimum Gasteiger partial charge on any atom is -0.465 e. The number of rotatable bonds is 6. The van der Waals surface area contributed by atoms with E-state index in [2.05, 4.69) is 14.9 Å². The molecule has 146 valence electrons. The molecule has 0 saturated heterocycles. The number of carbonyl (C=O) groups excluding carboxylic acids is 1. The predicted molar refractivity (Wildman–Crippen MR) is 101 cm³/mol. The van der Waals surface area contributed by atoms with Crippen LogP contribution in [-0.4, -0.2) is 43.0 Å². The van der Waals surface area contributed by atoms with Crippen molar-refractivity contribution < 1.29 is 22.5 Å². The van der Waals surface area contributed by atoms with Gasteiger partial charge < -0.3 is 9.26 Å². The summed E-state index contributed by atoms with van der Waals surface area (Å²) in [6, 6.07) is 13.2. The first-order valence-corrected chi connectivity index (χ1v) is 9.79. The maximum absolute atomic E-state index is 12.8. The zero-order valence-corrected chi connectivity index (χ0v) is 16.4. The number of methoxy groups -OCH3 is 1. The van der Waals surface area contributed by atoms with E-state index >= 15 is 0 Å². The molecule has 1 heterocycles. The standard InChI is InChI=1S/C19H19N3O5S/c1-13-6-4-7-14(10-13)18-20-17(27-21-18)12-22(2)28(24,25)16-9-5-8-15(11-16)19(23)26-3/h4-11H,12H2,1-3H3. The van der Waals surface area contributed by atoms with Gasteiger partial charge in [-0.05, 0) is 31.2 Å². The molecule has 0 atom stereocenters. The lowest BCUT2D eigenvalue weighted by Crippen LogP contribution is -2.26. The topological polar surface area (TPSA) is 103 Å². The molecule has 0 aliphatic heterocycles. The van der Waals surface area contributed by atoms with Crippen LogP contribution in [0.1, 0.15) is 21.8 Å². The molecular weight excluding hydrogens is 382 g/mol. The van der Waals surface area contributed by atoms with E-state index in [1.807, 2.05) is 31.2 Å². The van der Waals surface area contributed by atoms with Crippen molar-refractivity contribution in [3.05, 3.63) is 65.5 Å². The summed E-state index contributed by atoms with van der Waals surface area (Å²) in [4.78, 5) is 15.9. The van der Waals surface area contributed by atoms with E-state index in [1.165, 1.54) is 38.4 Å². The Morgan fingerprint density at radius 3 is 2.64 bits per heavy atom. The lowest BCUT2D eigenvalue weighted by atomic mass is 10.1. The van der Waals surface area contributed by atoms with Gasteiger partial charge in [-0.25, -0.2) is 13.2 Å². The fourth-order valence-electron chi connectivity index (χ4n) is 2.58. The minimum absolute atomic E-state index is 0.0312. The van der Waals surface area contributed by atoms with Gasteiger partial charge in [0.2, 0.25) is 21.7 Å². The number of aromatic nitrogens is 2. The van der Waals surface area contributed by atoms with Crippen molar-refractivity contribution in [3.63, 3.8) is 0 Å². The smallest absolute Gasteiger partial charge is 0.337 e. The molecule has 3 rings (SSSR count). The number of ether oxygens (including phenoxy) is 1. The normalized spacial score (nSPS) is 11.6. The molecule has 0 bridgehead atoms. The molecule has 3 aromatic rings. The first-order valence-electron chi connectivity index (χ1n) is 8.35. The molecule has 2 aromatic carbocycles. The summed E-state index contributed by atoms with van der Waals surface area (Å²) < 4.78 is 36.5. The van der Waals surface area contributed by atoms with Gasteiger partial charge in [-0.2, -0.15) is 9.29 Å². The molecule has 8 nitrogen and oxygen atoms in total. The number of benzene rings is 2. The monoisotopic (exact) mass is 401 g/mol. The first-order chi connectivity index (χ1) is 13.3. The lowest BCUT2D eigenvalue weighted by molar-refractivity contribution is 0.0600. The summed E-state index contributed by atoms with van der Waals surface area (Å²) in [6.45, 7) is 1.84. The molecule has 0 unspecified atom stereocenters. The third-order valence-electron chi connectivity index (χ3n) is 4.07. The van der Waals surface area contributed by atoms with Crippen LogP contribution in [-0.2, 0) is 21.3 Å². The molecule has 0 saturated carbocycles. The molecule has 0 amide bonds. The molecule has 0 aliphatic rings. The summed E-state index contributed by atoms with van der Waals surface area (Å²) in [7, 11) is -1.23. The van der Waals surface area contributed by atoms with Gasteiger partial charge in [0.25, 0.3) is 0 Å². The van der Waals surface area contributed by atoms with Crippen molar-refractivity contribution in [2.24, 2.45) is 0 Å². The van der Waals surface area contributed by atoms with Crippen LogP contribution in [0.2, 0.25) is 0 Å². The van der Waals surface area contributed by atoms with E-state index in [0.717, 1.165) is 15.4 Å². The number of esters is 1. The van der Waals surface area contributed by atoms with Crippen LogP contribution in [0.3, 0.4) is 0 Å². The Hall–Kier alpha value is -3.04. The van der Waals surface area contributed by atoms with Crippen molar-refractivity contribution >= 4 is 16.0 Å². The Kier molecular flexibility index (Phi) is 5.57. The maximum atomic E-state index is 12.8. The number of hydrogen-bond donors (Lipinski definition) is 0. The summed E-state index contributed by atoms with van der Waals surface area (Å²) >= 11 is 0. The van der Waals surface area contributed by atoms with E-state index in [1.54, 1.807) is 0 Å². The Morgan fingerprint density at radius 2 is 1.93 bits per heavy atom. The highest BCUT2D eigenvalue weighted by Crippen LogP contribution is 2.20. The highest BCUT2D eigenvalue weighted by Gasteiger charge is 2.24. The average molecular weight is 401 g/mol. The second kappa shape index (κ2) is 7.91. The van der Waals surface area contributed by atoms with Crippen LogP contribution in [0, 0.1) is 6.92 Å². The van der Waals surface area contributed by atoms with Gasteiger partial charge >= 0.3 is 5.97 Å². The first kappa shape index (κ1) is 19.7. The predicted octanol–water partition coefficient (Wildman–Crippen LogP) is 2.65. The molecular formula is C19H19N3O5S. The van der Waals surface area contributed by atoms with Crippen LogP contribution < -0.4 is 0 Å². The Balaban J connectivity index is 1.81. The molecule has 28 heavy (non-hydrogen) atoms. The Morgan fingerprint density at radius 1 is 1.18 bits per heavy atom. The number of aryl methyl sites for hydroxylation is 1. The van der Waals surface area contributed by atoms with Gasteiger partial charge in [-0.3, -0.25) is 0 Å². The molecule has 0 spiro atoms. The minimum atomic E-state index is -3.87. The highest BCUT2D eigenvalue weighted by molar-refractivity contribution is 7.89. The molecule has 9 heteroatoms. The van der Waals surface area contributed by atoms with Gasteiger partial charge in [0.15, 0.2) is 0 Å². The summed E-state index contributed by atoms with van der Waals surface area (Å²) in [6.07, 6.45) is 0. The summed E-state index contributed by atoms with van der Waals surface area (Å²) in [5.41, 5.74) is 1.98. The van der Waals surface area contributed by atoms with Crippen molar-refractivity contribution in [3.8, 4) is 11.4 Å². The van der Waals surface area contributed by atoms with Crippen LogP contribution in [0.15, 0.2) is 57.9 Å². The van der Waals surface area contributed by atoms with Crippen molar-refractivity contribution in [2.75, 3.05) is 14.2 Å². The summed E-state index contributed by atoms with van der Waals surface area (Å²) in [5, 5.41) is 3.92. The average Bonchev–Trinajstić information content (AvgIpc) is 3.16. The van der Waals surface area contributed by atoms with E-state index in [9.17, 15) is 13.2 Å². The van der Waals surface area contributed by atoms with Crippen molar-refractivity contribution in [1.82, 2.24) is 14.4 Å². The second-order valence-electron chi connectivity index (χ2n) is 6.16. The number of nitrogens with zero attached hydrogens (tertiary/aromatic N) is 3. The number of hydrogen-bond acceptors (Lipinski definition) is 7. The molecule has 1 aromatic heterocycles. The fraction of sp³-hybridized carbons (Fsp3) is 0.211. The molecule has 0 fully saturated rings. The third kappa shape index (κ3) is 4.10. The fourth-order valence-corrected chi connectivity index (χ4v) is 3.74. The van der Waals surface area contributed by atoms with Gasteiger partial charge in [0.05, 0.1) is 24.1 Å². The van der Waals surface area contributed by atoms with E-state index in [0.29, 0.717) is 5.82 Å².